The highest BCUT2D eigenvalue weighted by atomic mass is 32.2. The van der Waals surface area contributed by atoms with E-state index in [0.29, 0.717) is 23.2 Å². The Balaban J connectivity index is 1.75. The highest BCUT2D eigenvalue weighted by molar-refractivity contribution is 7.90. The van der Waals surface area contributed by atoms with Crippen LogP contribution in [-0.4, -0.2) is 81.6 Å². The number of hydrogen-bond acceptors (Lipinski definition) is 6. The number of ether oxygens (including phenoxy) is 2. The molecular formula is C32H49F6N5O4SSi. The standard InChI is InChI=1S/C32H49F6N5O4SSi/c1-29(2,3)48(45)41-24(18-47-30(4,5)32(36,37)38)27-40-23-15-21(11-12-25(23)43(27)19-46-13-14-49(6,7)8)26(20-9-10-20)42-17-22(39-28(42)44)16-31(33,34)35/h11-12,15,20,22,24,26,41H,9-10,13-14,16-19H2,1-8H3,(H,39,44)/t22-,24+,26-,48?/m1/s1. The zero-order chi connectivity index (χ0) is 36.7. The highest BCUT2D eigenvalue weighted by Crippen LogP contribution is 2.46. The molecule has 2 heterocycles. The van der Waals surface area contributed by atoms with Crippen LogP contribution in [0.4, 0.5) is 31.1 Å². The molecule has 1 aliphatic heterocycles. The number of alkyl halides is 6. The SMILES string of the molecule is CC(C)(C)[S+]([O-])N[C@@H](COC(C)(C)C(F)(F)F)c1nc2cc([C@@H](C3CC3)N3C[C@@H](CC(F)(F)F)NC3=O)ccc2n1COCC[Si](C)(C)C. The van der Waals surface area contributed by atoms with Crippen molar-refractivity contribution in [2.75, 3.05) is 19.8 Å². The van der Waals surface area contributed by atoms with E-state index in [2.05, 4.69) is 29.7 Å². The van der Waals surface area contributed by atoms with Gasteiger partial charge in [-0.25, -0.2) is 9.78 Å². The summed E-state index contributed by atoms with van der Waals surface area (Å²) in [5.41, 5.74) is -0.788. The summed E-state index contributed by atoms with van der Waals surface area (Å²) in [5, 5.41) is 2.47. The van der Waals surface area contributed by atoms with Crippen LogP contribution in [0.5, 0.6) is 0 Å². The molecular weight excluding hydrogens is 693 g/mol. The van der Waals surface area contributed by atoms with Crippen LogP contribution in [0.1, 0.15) is 77.4 Å². The molecule has 49 heavy (non-hydrogen) atoms. The van der Waals surface area contributed by atoms with Crippen molar-refractivity contribution in [3.8, 4) is 0 Å². The van der Waals surface area contributed by atoms with E-state index >= 15 is 0 Å². The Bertz CT molecular complexity index is 1450. The van der Waals surface area contributed by atoms with Gasteiger partial charge in [0.25, 0.3) is 0 Å². The lowest BCUT2D eigenvalue weighted by Gasteiger charge is -2.32. The van der Waals surface area contributed by atoms with E-state index in [1.807, 2.05) is 0 Å². The van der Waals surface area contributed by atoms with Crippen molar-refractivity contribution in [3.63, 3.8) is 0 Å². The minimum Gasteiger partial charge on any atom is -0.598 e. The first kappa shape index (κ1) is 39.7. The summed E-state index contributed by atoms with van der Waals surface area (Å²) >= 11 is -1.72. The number of carbonyl (C=O) groups excluding carboxylic acids is 1. The molecule has 1 saturated heterocycles. The third-order valence-corrected chi connectivity index (χ3v) is 12.0. The molecule has 1 aromatic carbocycles. The van der Waals surface area contributed by atoms with E-state index in [-0.39, 0.29) is 25.0 Å². The Morgan fingerprint density at radius 2 is 1.76 bits per heavy atom. The normalized spacial score (nSPS) is 20.2. The number of nitrogens with one attached hydrogen (secondary N) is 2. The molecule has 2 amide bonds. The minimum absolute atomic E-state index is 0.0123. The number of urea groups is 1. The molecule has 2 fully saturated rings. The molecule has 2 aromatic rings. The lowest BCUT2D eigenvalue weighted by atomic mass is 10.00. The first-order valence-electron chi connectivity index (χ1n) is 16.5. The van der Waals surface area contributed by atoms with Gasteiger partial charge in [0.05, 0.1) is 36.1 Å². The quantitative estimate of drug-likeness (QED) is 0.0844. The minimum atomic E-state index is -4.67. The number of nitrogens with zero attached hydrogens (tertiary/aromatic N) is 3. The molecule has 2 aliphatic rings. The van der Waals surface area contributed by atoms with Gasteiger partial charge in [-0.2, -0.15) is 26.3 Å². The maximum Gasteiger partial charge on any atom is 0.416 e. The van der Waals surface area contributed by atoms with Crippen LogP contribution in [-0.2, 0) is 27.6 Å². The van der Waals surface area contributed by atoms with Crippen molar-refractivity contribution < 1.29 is 45.2 Å². The largest absolute Gasteiger partial charge is 0.598 e. The molecule has 0 radical (unpaired) electrons. The van der Waals surface area contributed by atoms with Crippen LogP contribution < -0.4 is 10.0 Å². The molecule has 1 unspecified atom stereocenters. The molecule has 4 atom stereocenters. The number of rotatable bonds is 15. The number of amides is 2. The summed E-state index contributed by atoms with van der Waals surface area (Å²) in [6.07, 6.45) is -8.62. The number of carbonyl (C=O) groups is 1. The fourth-order valence-corrected chi connectivity index (χ4v) is 7.05. The second-order valence-corrected chi connectivity index (χ2v) is 23.4. The summed E-state index contributed by atoms with van der Waals surface area (Å²) in [7, 11) is -1.45. The number of hydrogen-bond donors (Lipinski definition) is 2. The molecule has 0 bridgehead atoms. The van der Waals surface area contributed by atoms with Gasteiger partial charge in [-0.05, 0) is 77.1 Å². The van der Waals surface area contributed by atoms with Crippen LogP contribution in [0.2, 0.25) is 25.7 Å². The van der Waals surface area contributed by atoms with Gasteiger partial charge in [0.2, 0.25) is 0 Å². The van der Waals surface area contributed by atoms with Crippen molar-refractivity contribution in [1.82, 2.24) is 24.5 Å². The molecule has 17 heteroatoms. The van der Waals surface area contributed by atoms with Crippen LogP contribution >= 0.6 is 0 Å². The zero-order valence-electron chi connectivity index (χ0n) is 29.3. The maximum absolute atomic E-state index is 13.8. The molecule has 4 rings (SSSR count). The van der Waals surface area contributed by atoms with Crippen molar-refractivity contribution in [2.45, 2.75) is 127 Å². The summed E-state index contributed by atoms with van der Waals surface area (Å²) in [6.45, 7) is 13.5. The predicted octanol–water partition coefficient (Wildman–Crippen LogP) is 7.60. The second kappa shape index (κ2) is 14.5. The fourth-order valence-electron chi connectivity index (χ4n) is 5.50. The third-order valence-electron chi connectivity index (χ3n) is 8.66. The van der Waals surface area contributed by atoms with E-state index in [9.17, 15) is 35.7 Å². The summed E-state index contributed by atoms with van der Waals surface area (Å²) in [6, 6.07) is 3.06. The Morgan fingerprint density at radius 3 is 2.31 bits per heavy atom. The molecule has 0 spiro atoms. The lowest BCUT2D eigenvalue weighted by molar-refractivity contribution is -0.265. The van der Waals surface area contributed by atoms with Gasteiger partial charge in [0, 0.05) is 32.6 Å². The van der Waals surface area contributed by atoms with Gasteiger partial charge in [0.1, 0.15) is 23.3 Å². The van der Waals surface area contributed by atoms with Gasteiger partial charge >= 0.3 is 18.4 Å². The van der Waals surface area contributed by atoms with Gasteiger partial charge in [-0.15, -0.1) is 4.72 Å². The molecule has 1 aliphatic carbocycles. The van der Waals surface area contributed by atoms with E-state index in [0.717, 1.165) is 32.7 Å². The highest BCUT2D eigenvalue weighted by Gasteiger charge is 2.49. The first-order valence-corrected chi connectivity index (χ1v) is 21.3. The smallest absolute Gasteiger partial charge is 0.416 e. The molecule has 1 aromatic heterocycles. The summed E-state index contributed by atoms with van der Waals surface area (Å²) < 4.78 is 110. The van der Waals surface area contributed by atoms with Gasteiger partial charge in [-0.3, -0.25) is 0 Å². The monoisotopic (exact) mass is 741 g/mol. The lowest BCUT2D eigenvalue weighted by Crippen LogP contribution is -2.47. The average molecular weight is 742 g/mol. The fraction of sp³-hybridized carbons (Fsp3) is 0.750. The van der Waals surface area contributed by atoms with E-state index in [1.165, 1.54) is 4.90 Å². The Kier molecular flexibility index (Phi) is 11.8. The van der Waals surface area contributed by atoms with Crippen LogP contribution in [0, 0.1) is 5.92 Å². The van der Waals surface area contributed by atoms with Gasteiger partial charge in [-0.1, -0.05) is 25.7 Å². The maximum atomic E-state index is 13.8. The second-order valence-electron chi connectivity index (χ2n) is 15.8. The number of benzene rings is 1. The predicted molar refractivity (Wildman–Crippen MR) is 179 cm³/mol. The van der Waals surface area contributed by atoms with Crippen LogP contribution in [0.25, 0.3) is 11.0 Å². The van der Waals surface area contributed by atoms with Gasteiger partial charge < -0.3 is 28.8 Å². The van der Waals surface area contributed by atoms with Crippen molar-refractivity contribution >= 4 is 36.5 Å². The van der Waals surface area contributed by atoms with Crippen LogP contribution in [0.3, 0.4) is 0 Å². The number of aromatic nitrogens is 2. The number of halogens is 6. The molecule has 278 valence electrons. The number of imidazole rings is 1. The Hall–Kier alpha value is -2.05. The average Bonchev–Trinajstić information content (AvgIpc) is 3.61. The van der Waals surface area contributed by atoms with E-state index < -0.39 is 79.3 Å². The number of fused-ring (bicyclic) bond motifs is 1. The zero-order valence-corrected chi connectivity index (χ0v) is 31.2. The summed E-state index contributed by atoms with van der Waals surface area (Å²) in [4.78, 5) is 19.2. The van der Waals surface area contributed by atoms with E-state index in [4.69, 9.17) is 14.5 Å². The molecule has 9 nitrogen and oxygen atoms in total. The van der Waals surface area contributed by atoms with Crippen molar-refractivity contribution in [3.05, 3.63) is 29.6 Å². The molecule has 1 saturated carbocycles. The Morgan fingerprint density at radius 1 is 1.10 bits per heavy atom. The van der Waals surface area contributed by atoms with Crippen molar-refractivity contribution in [2.24, 2.45) is 5.92 Å². The molecule has 2 N–H and O–H groups in total. The van der Waals surface area contributed by atoms with E-state index in [1.54, 1.807) is 43.5 Å². The topological polar surface area (TPSA) is 104 Å². The Labute approximate surface area is 288 Å². The van der Waals surface area contributed by atoms with Crippen LogP contribution in [0.15, 0.2) is 18.2 Å². The third kappa shape index (κ3) is 10.5. The summed E-state index contributed by atoms with van der Waals surface area (Å²) in [5.74, 6) is 0.309. The first-order chi connectivity index (χ1) is 22.4. The van der Waals surface area contributed by atoms with Gasteiger partial charge in [0.15, 0.2) is 5.60 Å². The van der Waals surface area contributed by atoms with Crippen molar-refractivity contribution in [1.29, 1.82) is 0 Å².